The maximum Gasteiger partial charge on any atom is 0.225 e. The number of ether oxygens (including phenoxy) is 1. The third-order valence-corrected chi connectivity index (χ3v) is 3.69. The molecule has 2 heterocycles. The van der Waals surface area contributed by atoms with Gasteiger partial charge in [-0.05, 0) is 45.2 Å². The van der Waals surface area contributed by atoms with Gasteiger partial charge >= 0.3 is 0 Å². The van der Waals surface area contributed by atoms with Gasteiger partial charge in [-0.15, -0.1) is 0 Å². The number of nitrogens with one attached hydrogen (secondary N) is 1. The van der Waals surface area contributed by atoms with Gasteiger partial charge in [-0.1, -0.05) is 0 Å². The summed E-state index contributed by atoms with van der Waals surface area (Å²) in [6, 6.07) is 2.03. The van der Waals surface area contributed by atoms with E-state index in [9.17, 15) is 0 Å². The van der Waals surface area contributed by atoms with Gasteiger partial charge in [-0.2, -0.15) is 0 Å². The first-order valence-corrected chi connectivity index (χ1v) is 7.46. The summed E-state index contributed by atoms with van der Waals surface area (Å²) in [5.74, 6) is 1.56. The van der Waals surface area contributed by atoms with Crippen LogP contribution in [0.15, 0.2) is 6.07 Å². The fourth-order valence-corrected chi connectivity index (χ4v) is 2.74. The fraction of sp³-hybridized carbons (Fsp3) is 0.733. The van der Waals surface area contributed by atoms with E-state index in [1.54, 1.807) is 7.11 Å². The van der Waals surface area contributed by atoms with Gasteiger partial charge in [0.15, 0.2) is 0 Å². The van der Waals surface area contributed by atoms with Crippen LogP contribution in [-0.4, -0.2) is 49.9 Å². The van der Waals surface area contributed by atoms with E-state index in [2.05, 4.69) is 20.2 Å². The molecule has 20 heavy (non-hydrogen) atoms. The molecule has 0 aliphatic carbocycles. The topological polar surface area (TPSA) is 50.3 Å². The van der Waals surface area contributed by atoms with Gasteiger partial charge < -0.3 is 15.0 Å². The number of piperidine rings is 1. The first-order chi connectivity index (χ1) is 9.69. The predicted octanol–water partition coefficient (Wildman–Crippen LogP) is 1.55. The van der Waals surface area contributed by atoms with Crippen LogP contribution in [-0.2, 0) is 4.74 Å². The Labute approximate surface area is 121 Å². The Balaban J connectivity index is 1.89. The van der Waals surface area contributed by atoms with E-state index >= 15 is 0 Å². The second-order valence-corrected chi connectivity index (χ2v) is 5.60. The highest BCUT2D eigenvalue weighted by Gasteiger charge is 2.21. The average Bonchev–Trinajstić information content (AvgIpc) is 2.43. The van der Waals surface area contributed by atoms with E-state index in [0.717, 1.165) is 50.1 Å². The van der Waals surface area contributed by atoms with Crippen LogP contribution >= 0.6 is 0 Å². The molecular weight excluding hydrogens is 252 g/mol. The summed E-state index contributed by atoms with van der Waals surface area (Å²) in [7, 11) is 1.74. The zero-order chi connectivity index (χ0) is 14.4. The van der Waals surface area contributed by atoms with E-state index in [0.29, 0.717) is 5.92 Å². The van der Waals surface area contributed by atoms with Crippen molar-refractivity contribution >= 4 is 5.95 Å². The lowest BCUT2D eigenvalue weighted by molar-refractivity contribution is 0.197. The van der Waals surface area contributed by atoms with Crippen molar-refractivity contribution in [3.63, 3.8) is 0 Å². The highest BCUT2D eigenvalue weighted by molar-refractivity contribution is 5.32. The van der Waals surface area contributed by atoms with Crippen molar-refractivity contribution in [3.05, 3.63) is 17.5 Å². The molecule has 1 unspecified atom stereocenters. The van der Waals surface area contributed by atoms with Crippen molar-refractivity contribution in [2.75, 3.05) is 44.8 Å². The van der Waals surface area contributed by atoms with Crippen molar-refractivity contribution in [1.82, 2.24) is 15.3 Å². The molecule has 1 aliphatic heterocycles. The normalized spacial score (nSPS) is 19.4. The Morgan fingerprint density at radius 2 is 2.10 bits per heavy atom. The Morgan fingerprint density at radius 3 is 2.80 bits per heavy atom. The highest BCUT2D eigenvalue weighted by atomic mass is 16.5. The molecule has 0 amide bonds. The number of anilines is 1. The minimum Gasteiger partial charge on any atom is -0.383 e. The molecule has 1 atom stereocenters. The first-order valence-electron chi connectivity index (χ1n) is 7.46. The first kappa shape index (κ1) is 15.2. The van der Waals surface area contributed by atoms with Gasteiger partial charge in [-0.25, -0.2) is 9.97 Å². The summed E-state index contributed by atoms with van der Waals surface area (Å²) in [5, 5.41) is 3.46. The lowest BCUT2D eigenvalue weighted by Gasteiger charge is -2.33. The summed E-state index contributed by atoms with van der Waals surface area (Å²) in [5.41, 5.74) is 2.10. The van der Waals surface area contributed by atoms with Crippen LogP contribution in [0.1, 0.15) is 24.2 Å². The van der Waals surface area contributed by atoms with Crippen LogP contribution in [0, 0.1) is 19.8 Å². The third-order valence-electron chi connectivity index (χ3n) is 3.69. The molecule has 112 valence electrons. The largest absolute Gasteiger partial charge is 0.383 e. The number of hydrogen-bond acceptors (Lipinski definition) is 5. The standard InChI is InChI=1S/C15H26N4O/c1-12-9-13(2)18-15(17-12)19-7-4-5-14(11-19)10-16-6-8-20-3/h9,14,16H,4-8,10-11H2,1-3H3. The maximum atomic E-state index is 5.06. The van der Waals surface area contributed by atoms with Crippen LogP contribution in [0.2, 0.25) is 0 Å². The molecule has 5 nitrogen and oxygen atoms in total. The van der Waals surface area contributed by atoms with Crippen LogP contribution in [0.4, 0.5) is 5.95 Å². The molecule has 1 fully saturated rings. The molecule has 0 saturated carbocycles. The molecule has 5 heteroatoms. The Hall–Kier alpha value is -1.20. The van der Waals surface area contributed by atoms with Gasteiger partial charge in [0.1, 0.15) is 0 Å². The molecule has 0 radical (unpaired) electrons. The van der Waals surface area contributed by atoms with Crippen molar-refractivity contribution in [2.24, 2.45) is 5.92 Å². The SMILES string of the molecule is COCCNCC1CCCN(c2nc(C)cc(C)n2)C1. The van der Waals surface area contributed by atoms with Crippen LogP contribution < -0.4 is 10.2 Å². The molecule has 0 bridgehead atoms. The second-order valence-electron chi connectivity index (χ2n) is 5.60. The predicted molar refractivity (Wildman–Crippen MR) is 81.2 cm³/mol. The minimum atomic E-state index is 0.671. The third kappa shape index (κ3) is 4.42. The van der Waals surface area contributed by atoms with Crippen molar-refractivity contribution in [3.8, 4) is 0 Å². The zero-order valence-electron chi connectivity index (χ0n) is 12.9. The lowest BCUT2D eigenvalue weighted by atomic mass is 9.98. The van der Waals surface area contributed by atoms with E-state index in [4.69, 9.17) is 4.74 Å². The quantitative estimate of drug-likeness (QED) is 0.800. The summed E-state index contributed by atoms with van der Waals surface area (Å²) in [4.78, 5) is 11.5. The molecular formula is C15H26N4O. The molecule has 1 aromatic heterocycles. The summed E-state index contributed by atoms with van der Waals surface area (Å²) in [6.07, 6.45) is 2.49. The summed E-state index contributed by atoms with van der Waals surface area (Å²) < 4.78 is 5.06. The number of hydrogen-bond donors (Lipinski definition) is 1. The van der Waals surface area contributed by atoms with Gasteiger partial charge in [-0.3, -0.25) is 0 Å². The molecule has 1 saturated heterocycles. The lowest BCUT2D eigenvalue weighted by Crippen LogP contribution is -2.41. The zero-order valence-corrected chi connectivity index (χ0v) is 12.9. The van der Waals surface area contributed by atoms with Gasteiger partial charge in [0.05, 0.1) is 6.61 Å². The molecule has 1 aliphatic rings. The van der Waals surface area contributed by atoms with E-state index < -0.39 is 0 Å². The highest BCUT2D eigenvalue weighted by Crippen LogP contribution is 2.20. The minimum absolute atomic E-state index is 0.671. The summed E-state index contributed by atoms with van der Waals surface area (Å²) in [6.45, 7) is 8.92. The Kier molecular flexibility index (Phi) is 5.73. The number of aryl methyl sites for hydroxylation is 2. The molecule has 1 N–H and O–H groups in total. The number of nitrogens with zero attached hydrogens (tertiary/aromatic N) is 3. The van der Waals surface area contributed by atoms with Crippen LogP contribution in [0.25, 0.3) is 0 Å². The summed E-state index contributed by atoms with van der Waals surface area (Å²) >= 11 is 0. The molecule has 1 aromatic rings. The smallest absolute Gasteiger partial charge is 0.225 e. The van der Waals surface area contributed by atoms with Crippen molar-refractivity contribution in [2.45, 2.75) is 26.7 Å². The van der Waals surface area contributed by atoms with Crippen LogP contribution in [0.3, 0.4) is 0 Å². The Morgan fingerprint density at radius 1 is 1.35 bits per heavy atom. The van der Waals surface area contributed by atoms with Crippen molar-refractivity contribution < 1.29 is 4.74 Å². The fourth-order valence-electron chi connectivity index (χ4n) is 2.74. The van der Waals surface area contributed by atoms with Crippen molar-refractivity contribution in [1.29, 1.82) is 0 Å². The second kappa shape index (κ2) is 7.55. The average molecular weight is 278 g/mol. The van der Waals surface area contributed by atoms with Gasteiger partial charge in [0.25, 0.3) is 0 Å². The molecule has 2 rings (SSSR count). The van der Waals surface area contributed by atoms with Gasteiger partial charge in [0.2, 0.25) is 5.95 Å². The van der Waals surface area contributed by atoms with Gasteiger partial charge in [0, 0.05) is 38.1 Å². The van der Waals surface area contributed by atoms with E-state index in [1.165, 1.54) is 12.8 Å². The maximum absolute atomic E-state index is 5.06. The monoisotopic (exact) mass is 278 g/mol. The van der Waals surface area contributed by atoms with E-state index in [1.807, 2.05) is 19.9 Å². The van der Waals surface area contributed by atoms with E-state index in [-0.39, 0.29) is 0 Å². The Bertz CT molecular complexity index is 404. The molecule has 0 spiro atoms. The number of methoxy groups -OCH3 is 1. The van der Waals surface area contributed by atoms with Crippen LogP contribution in [0.5, 0.6) is 0 Å². The number of aromatic nitrogens is 2. The molecule has 0 aromatic carbocycles. The number of rotatable bonds is 6.